The summed E-state index contributed by atoms with van der Waals surface area (Å²) in [5, 5.41) is 17.1. The van der Waals surface area contributed by atoms with Crippen molar-refractivity contribution in [3.05, 3.63) is 166 Å². The summed E-state index contributed by atoms with van der Waals surface area (Å²) in [6.07, 6.45) is -9.77. The SMILES string of the molecule is C=C(CCl)COc1ccc(CNc2nc(Cc3ccc(C(=O)NCC(C)(C)CN)cc3)nc(OCC(F)(F)F)n2)cc1.C=C(CCl)COc1ccc(CNc2nc(Cc3ccc(C(=O)NCC(C)(C)CNC(=O)OC(C)(C)C)cc3)nc(OCC(F)(F)F)n2)cc1.CC(C)(CN)CNC(=O)OC(C)(C)C. The van der Waals surface area contributed by atoms with Gasteiger partial charge in [-0.3, -0.25) is 9.59 Å². The monoisotopic (exact) mass is 1510 g/mol. The molecule has 0 saturated carbocycles. The van der Waals surface area contributed by atoms with Crippen molar-refractivity contribution in [3.63, 3.8) is 0 Å². The molecule has 0 aliphatic rings. The van der Waals surface area contributed by atoms with Gasteiger partial charge in [0.25, 0.3) is 11.8 Å². The third-order valence-electron chi connectivity index (χ3n) is 14.0. The number of rotatable bonds is 34. The number of benzene rings is 4. The number of alkyl carbamates (subject to hydrolysis) is 2. The molecule has 24 nitrogen and oxygen atoms in total. The highest BCUT2D eigenvalue weighted by Crippen LogP contribution is 2.24. The van der Waals surface area contributed by atoms with Crippen LogP contribution >= 0.6 is 23.2 Å². The molecule has 0 fully saturated rings. The second kappa shape index (κ2) is 40.9. The number of ether oxygens (including phenoxy) is 6. The van der Waals surface area contributed by atoms with Crippen molar-refractivity contribution >= 4 is 59.1 Å². The molecule has 0 bridgehead atoms. The standard InChI is InChI=1S/C34H42ClF3N6O5.C29H34ClF3N6O3.C10H22N2O2/c1-22(16-35)18-47-26-13-9-24(10-14-26)17-39-29-42-27(43-30(44-29)48-21-34(36,37)38)15-23-7-11-25(12-8-23)28(45)40-19-33(5,6)20-41-31(46)49-32(2,3)4;1-19(13-30)15-41-23-10-6-21(7-11-23)14-35-26-37-24(38-27(39-26)42-18-29(31,32)33)12-20-4-8-22(9-5-20)25(40)36-17-28(2,3)16-34;1-9(2,3)14-8(13)12-7-10(4,5)6-11/h7-14H,1,15-21H2,2-6H3,(H,40,45)(H,41,46)(H,39,42,43,44);4-11H,1,12-18,34H2,2-3H3,(H,36,40)(H,35,37,38,39);6-7,11H2,1-5H3,(H,12,13). The lowest BCUT2D eigenvalue weighted by Crippen LogP contribution is -2.43. The van der Waals surface area contributed by atoms with Crippen LogP contribution in [0.2, 0.25) is 0 Å². The molecule has 4 aromatic carbocycles. The number of nitrogens with zero attached hydrogens (tertiary/aromatic N) is 6. The average molecular weight is 1520 g/mol. The fourth-order valence-electron chi connectivity index (χ4n) is 7.97. The van der Waals surface area contributed by atoms with Gasteiger partial charge in [-0.2, -0.15) is 56.2 Å². The molecule has 105 heavy (non-hydrogen) atoms. The van der Waals surface area contributed by atoms with Crippen molar-refractivity contribution in [1.29, 1.82) is 0 Å². The molecule has 0 atom stereocenters. The molecule has 0 unspecified atom stereocenters. The summed E-state index contributed by atoms with van der Waals surface area (Å²) in [6, 6.07) is 26.8. The van der Waals surface area contributed by atoms with Crippen LogP contribution in [0.15, 0.2) is 121 Å². The van der Waals surface area contributed by atoms with E-state index in [2.05, 4.69) is 75.0 Å². The van der Waals surface area contributed by atoms with Crippen LogP contribution in [0.1, 0.15) is 138 Å². The molecular formula is C73H98Cl2F6N14O10. The van der Waals surface area contributed by atoms with Gasteiger partial charge in [0.1, 0.15) is 47.6 Å². The molecule has 6 rings (SSSR count). The third-order valence-corrected chi connectivity index (χ3v) is 14.8. The molecule has 0 spiro atoms. The fourth-order valence-corrected chi connectivity index (χ4v) is 8.12. The third kappa shape index (κ3) is 37.8. The number of nitrogens with one attached hydrogen (secondary N) is 6. The quantitative estimate of drug-likeness (QED) is 0.0106. The molecule has 0 saturated heterocycles. The summed E-state index contributed by atoms with van der Waals surface area (Å²) in [4.78, 5) is 73.4. The van der Waals surface area contributed by atoms with Gasteiger partial charge in [0.05, 0.1) is 0 Å². The number of nitrogens with two attached hydrogens (primary N) is 2. The summed E-state index contributed by atoms with van der Waals surface area (Å²) < 4.78 is 108. The maximum absolute atomic E-state index is 12.9. The van der Waals surface area contributed by atoms with Crippen LogP contribution < -0.4 is 62.3 Å². The fraction of sp³-hybridized carbons (Fsp3) is 0.479. The first-order chi connectivity index (χ1) is 48.9. The Kier molecular flexibility index (Phi) is 34.3. The number of hydrogen-bond acceptors (Lipinski definition) is 20. The molecule has 4 amide bonds. The highest BCUT2D eigenvalue weighted by molar-refractivity contribution is 6.19. The van der Waals surface area contributed by atoms with E-state index < -0.39 is 60.3 Å². The van der Waals surface area contributed by atoms with Crippen molar-refractivity contribution in [3.8, 4) is 23.5 Å². The molecule has 2 aromatic heterocycles. The number of aromatic nitrogens is 6. The second-order valence-corrected chi connectivity index (χ2v) is 29.1. The Morgan fingerprint density at radius 3 is 1.06 bits per heavy atom. The smallest absolute Gasteiger partial charge is 0.422 e. The van der Waals surface area contributed by atoms with Crippen molar-refractivity contribution < 1.29 is 73.9 Å². The molecular weight excluding hydrogens is 1420 g/mol. The number of carbonyl (C=O) groups is 4. The minimum atomic E-state index is -4.58. The maximum Gasteiger partial charge on any atom is 0.422 e. The molecule has 576 valence electrons. The molecule has 2 heterocycles. The van der Waals surface area contributed by atoms with Gasteiger partial charge in [0.15, 0.2) is 13.2 Å². The molecule has 10 N–H and O–H groups in total. The van der Waals surface area contributed by atoms with Crippen LogP contribution in [0.3, 0.4) is 0 Å². The van der Waals surface area contributed by atoms with Gasteiger partial charge in [-0.1, -0.05) is 103 Å². The lowest BCUT2D eigenvalue weighted by molar-refractivity contribution is -0.155. The summed E-state index contributed by atoms with van der Waals surface area (Å²) in [7, 11) is 0. The normalized spacial score (nSPS) is 11.8. The van der Waals surface area contributed by atoms with Gasteiger partial charge in [-0.25, -0.2) is 9.59 Å². The summed E-state index contributed by atoms with van der Waals surface area (Å²) in [5.74, 6) is 1.74. The summed E-state index contributed by atoms with van der Waals surface area (Å²) in [6.45, 7) is 30.6. The van der Waals surface area contributed by atoms with Gasteiger partial charge in [0.2, 0.25) is 11.9 Å². The van der Waals surface area contributed by atoms with E-state index in [-0.39, 0.29) is 91.3 Å². The topological polar surface area (TPSA) is 325 Å². The minimum absolute atomic E-state index is 0.0284. The number of carbonyl (C=O) groups excluding carboxylic acids is 4. The van der Waals surface area contributed by atoms with Crippen LogP contribution in [-0.2, 0) is 35.4 Å². The first-order valence-electron chi connectivity index (χ1n) is 33.3. The van der Waals surface area contributed by atoms with E-state index in [1.165, 1.54) is 0 Å². The first-order valence-corrected chi connectivity index (χ1v) is 34.3. The summed E-state index contributed by atoms with van der Waals surface area (Å²) >= 11 is 11.4. The average Bonchev–Trinajstić information content (AvgIpc) is 0.847. The van der Waals surface area contributed by atoms with E-state index in [9.17, 15) is 45.5 Å². The van der Waals surface area contributed by atoms with E-state index in [1.54, 1.807) is 93.6 Å². The van der Waals surface area contributed by atoms with Gasteiger partial charge in [0, 0.05) is 75.0 Å². The maximum atomic E-state index is 12.9. The zero-order valence-electron chi connectivity index (χ0n) is 61.4. The number of anilines is 2. The zero-order valence-corrected chi connectivity index (χ0v) is 62.9. The minimum Gasteiger partial charge on any atom is -0.489 e. The van der Waals surface area contributed by atoms with E-state index >= 15 is 0 Å². The van der Waals surface area contributed by atoms with Gasteiger partial charge in [-0.05, 0) is 153 Å². The Labute approximate surface area is 619 Å². The van der Waals surface area contributed by atoms with Gasteiger partial charge < -0.3 is 71.8 Å². The van der Waals surface area contributed by atoms with Gasteiger partial charge in [-0.15, -0.1) is 23.2 Å². The highest BCUT2D eigenvalue weighted by Gasteiger charge is 2.31. The zero-order chi connectivity index (χ0) is 78.4. The van der Waals surface area contributed by atoms with E-state index in [1.807, 2.05) is 86.6 Å². The predicted molar refractivity (Wildman–Crippen MR) is 392 cm³/mol. The van der Waals surface area contributed by atoms with Crippen LogP contribution in [0.5, 0.6) is 23.5 Å². The van der Waals surface area contributed by atoms with Gasteiger partial charge >= 0.3 is 36.6 Å². The van der Waals surface area contributed by atoms with E-state index in [0.29, 0.717) is 79.3 Å². The largest absolute Gasteiger partial charge is 0.489 e. The number of amides is 4. The first kappa shape index (κ1) is 88.1. The van der Waals surface area contributed by atoms with E-state index in [0.717, 1.165) is 27.8 Å². The molecule has 0 aliphatic heterocycles. The predicted octanol–water partition coefficient (Wildman–Crippen LogP) is 12.9. The Bertz CT molecular complexity index is 3750. The number of alkyl halides is 8. The van der Waals surface area contributed by atoms with Crippen LogP contribution in [0.25, 0.3) is 0 Å². The molecule has 6 aromatic rings. The summed E-state index contributed by atoms with van der Waals surface area (Å²) in [5.41, 5.74) is 14.9. The Balaban J connectivity index is 0.000000378. The second-order valence-electron chi connectivity index (χ2n) is 28.6. The molecule has 0 aliphatic carbocycles. The highest BCUT2D eigenvalue weighted by atomic mass is 35.5. The Hall–Kier alpha value is -9.26. The van der Waals surface area contributed by atoms with Crippen molar-refractivity contribution in [2.45, 2.75) is 133 Å². The number of halogens is 8. The van der Waals surface area contributed by atoms with Crippen LogP contribution in [-0.4, -0.2) is 155 Å². The molecule has 32 heteroatoms. The van der Waals surface area contributed by atoms with E-state index in [4.69, 9.17) is 63.1 Å². The van der Waals surface area contributed by atoms with Crippen LogP contribution in [0, 0.1) is 16.2 Å². The lowest BCUT2D eigenvalue weighted by atomic mass is 9.93. The van der Waals surface area contributed by atoms with Crippen LogP contribution in [0.4, 0.5) is 47.8 Å². The Morgan fingerprint density at radius 1 is 0.429 bits per heavy atom. The van der Waals surface area contributed by atoms with Crippen molar-refractivity contribution in [1.82, 2.24) is 51.2 Å². The lowest BCUT2D eigenvalue weighted by Gasteiger charge is -2.26. The number of hydrogen-bond donors (Lipinski definition) is 8. The Morgan fingerprint density at radius 2 is 0.743 bits per heavy atom. The molecule has 0 radical (unpaired) electrons. The van der Waals surface area contributed by atoms with Crippen molar-refractivity contribution in [2.75, 3.05) is 88.1 Å². The van der Waals surface area contributed by atoms with Crippen molar-refractivity contribution in [2.24, 2.45) is 27.7 Å².